The van der Waals surface area contributed by atoms with Gasteiger partial charge in [0.05, 0.1) is 0 Å². The van der Waals surface area contributed by atoms with Gasteiger partial charge in [-0.15, -0.1) is 6.42 Å². The van der Waals surface area contributed by atoms with Crippen molar-refractivity contribution in [2.24, 2.45) is 11.3 Å². The highest BCUT2D eigenvalue weighted by Gasteiger charge is 2.49. The molecule has 0 bridgehead atoms. The summed E-state index contributed by atoms with van der Waals surface area (Å²) in [6.07, 6.45) is 8.91. The van der Waals surface area contributed by atoms with Gasteiger partial charge in [0.25, 0.3) is 0 Å². The molecule has 0 saturated heterocycles. The average molecular weight is 791 g/mol. The monoisotopic (exact) mass is 788 g/mol. The van der Waals surface area contributed by atoms with Gasteiger partial charge in [-0.05, 0) is 115 Å². The van der Waals surface area contributed by atoms with Crippen LogP contribution in [-0.2, 0) is 0 Å². The Morgan fingerprint density at radius 1 is 0.822 bits per heavy atom. The van der Waals surface area contributed by atoms with Gasteiger partial charge < -0.3 is 0 Å². The fourth-order valence-electron chi connectivity index (χ4n) is 5.07. The Labute approximate surface area is 301 Å². The Bertz CT molecular complexity index is 1420. The molecule has 0 aliphatic heterocycles. The fraction of sp³-hybridized carbons (Fsp3) is 0.368. The first-order chi connectivity index (χ1) is 21.0. The number of Topliss-reactive ketones (excluding diaryl/α,β-unsaturated/α-hetero) is 2. The Kier molecular flexibility index (Phi) is 18.3. The van der Waals surface area contributed by atoms with Crippen LogP contribution in [0.15, 0.2) is 104 Å². The molecule has 0 saturated carbocycles. The van der Waals surface area contributed by atoms with Crippen molar-refractivity contribution in [3.8, 4) is 12.3 Å². The smallest absolute Gasteiger partial charge is 0.294 e. The van der Waals surface area contributed by atoms with Crippen molar-refractivity contribution in [1.29, 1.82) is 0 Å². The summed E-state index contributed by atoms with van der Waals surface area (Å²) in [7, 11) is 10.7. The molecule has 45 heavy (non-hydrogen) atoms. The van der Waals surface area contributed by atoms with Crippen LogP contribution < -0.4 is 0 Å². The molecule has 2 nitrogen and oxygen atoms in total. The first-order valence-electron chi connectivity index (χ1n) is 15.0. The minimum Gasteiger partial charge on any atom is -0.294 e. The Morgan fingerprint density at radius 3 is 1.49 bits per heavy atom. The molecule has 2 aliphatic rings. The summed E-state index contributed by atoms with van der Waals surface area (Å²) >= 11 is 5.51. The van der Waals surface area contributed by atoms with Gasteiger partial charge in [0, 0.05) is 25.5 Å². The molecule has 240 valence electrons. The van der Waals surface area contributed by atoms with E-state index >= 15 is 0 Å². The van der Waals surface area contributed by atoms with Crippen molar-refractivity contribution in [2.45, 2.75) is 79.4 Å². The third-order valence-corrected chi connectivity index (χ3v) is 11.9. The van der Waals surface area contributed by atoms with E-state index in [9.17, 15) is 9.59 Å². The van der Waals surface area contributed by atoms with E-state index in [0.717, 1.165) is 56.6 Å². The third kappa shape index (κ3) is 13.2. The molecule has 2 aromatic rings. The highest BCUT2D eigenvalue weighted by molar-refractivity contribution is 9.10. The summed E-state index contributed by atoms with van der Waals surface area (Å²) < 4.78 is 1.96. The maximum atomic E-state index is 13.5. The number of fused-ring (bicyclic) bond motifs is 1. The predicted molar refractivity (Wildman–Crippen MR) is 204 cm³/mol. The highest BCUT2D eigenvalue weighted by atomic mass is 79.9. The lowest BCUT2D eigenvalue weighted by atomic mass is 9.55. The summed E-state index contributed by atoms with van der Waals surface area (Å²) in [6, 6.07) is 14.8. The second-order valence-corrected chi connectivity index (χ2v) is 19.2. The molecule has 0 atom stereocenters. The maximum absolute atomic E-state index is 13.5. The van der Waals surface area contributed by atoms with E-state index in [-0.39, 0.29) is 11.2 Å². The van der Waals surface area contributed by atoms with Crippen molar-refractivity contribution in [2.75, 3.05) is 0 Å². The molecule has 0 spiro atoms. The van der Waals surface area contributed by atoms with Crippen LogP contribution in [0, 0.1) is 23.7 Å². The van der Waals surface area contributed by atoms with Crippen LogP contribution in [0.3, 0.4) is 0 Å². The van der Waals surface area contributed by atoms with Crippen molar-refractivity contribution in [1.82, 2.24) is 0 Å². The Hall–Kier alpha value is -1.63. The molecule has 2 aromatic carbocycles. The summed E-state index contributed by atoms with van der Waals surface area (Å²) in [5.74, 6) is 2.56. The first kappa shape index (κ1) is 41.4. The first-order valence-corrected chi connectivity index (χ1v) is 20.8. The molecule has 0 amide bonds. The molecule has 0 radical (unpaired) electrons. The minimum atomic E-state index is -1.21. The highest BCUT2D eigenvalue weighted by Crippen LogP contribution is 2.54. The van der Waals surface area contributed by atoms with Gasteiger partial charge in [-0.2, -0.15) is 0 Å². The molecule has 2 aliphatic carbocycles. The van der Waals surface area contributed by atoms with E-state index in [4.69, 9.17) is 26.5 Å². The standard InChI is InChI=1S/C21H25BrO.C9H5BrO.C6H10.C2H5.Al.2ClH/c1-13-9-18-10-14(2)16(4)12-21(18,11-15(13)3)20(23)17-5-7-19(22)8-6-17;1-2-9(11)7-3-5-8(10)6-4-7;1-5(2)6(3)4;1-2;;;/h5-8,18H,9-12H2,1-4H3;1,3-6H;1,3H2,2,4H3;1H2,2H3;;2*1H/q;;;;+2;;/p-2. The van der Waals surface area contributed by atoms with Crippen LogP contribution in [0.2, 0.25) is 5.28 Å². The summed E-state index contributed by atoms with van der Waals surface area (Å²) in [5, 5.41) is 0.975. The number of hydrogen-bond acceptors (Lipinski definition) is 2. The zero-order chi connectivity index (χ0) is 34.5. The van der Waals surface area contributed by atoms with Crippen LogP contribution >= 0.6 is 52.0 Å². The van der Waals surface area contributed by atoms with Gasteiger partial charge in [-0.25, -0.2) is 20.1 Å². The van der Waals surface area contributed by atoms with Gasteiger partial charge in [0.2, 0.25) is 5.78 Å². The number of carbonyl (C=O) groups is 2. The molecule has 7 heteroatoms. The molecule has 0 unspecified atom stereocenters. The molecule has 0 heterocycles. The summed E-state index contributed by atoms with van der Waals surface area (Å²) in [4.78, 5) is 24.4. The zero-order valence-electron chi connectivity index (χ0n) is 27.6. The molecule has 0 N–H and O–H groups in total. The van der Waals surface area contributed by atoms with Gasteiger partial charge in [-0.1, -0.05) is 103 Å². The zero-order valence-corrected chi connectivity index (χ0v) is 33.5. The lowest BCUT2D eigenvalue weighted by Crippen LogP contribution is -2.44. The van der Waals surface area contributed by atoms with E-state index in [1.807, 2.05) is 51.0 Å². The lowest BCUT2D eigenvalue weighted by Gasteiger charge is -2.47. The number of rotatable bonds is 5. The Morgan fingerprint density at radius 2 is 1.18 bits per heavy atom. The number of halogens is 4. The van der Waals surface area contributed by atoms with Crippen LogP contribution in [0.4, 0.5) is 0 Å². The van der Waals surface area contributed by atoms with E-state index < -0.39 is 12.3 Å². The quantitative estimate of drug-likeness (QED) is 0.0755. The molecule has 4 rings (SSSR count). The van der Waals surface area contributed by atoms with Crippen LogP contribution in [0.5, 0.6) is 0 Å². The molecular formula is C38H45AlBr2Cl2O2. The topological polar surface area (TPSA) is 34.1 Å². The van der Waals surface area contributed by atoms with E-state index in [2.05, 4.69) is 72.7 Å². The minimum absolute atomic E-state index is 0.235. The fourth-order valence-corrected chi connectivity index (χ4v) is 5.60. The Balaban J connectivity index is 0.000000380. The number of allylic oxidation sites excluding steroid dienone is 6. The van der Waals surface area contributed by atoms with E-state index in [1.54, 1.807) is 24.3 Å². The SMILES string of the molecule is C#CC(=O)c1ccc(Br)cc1.C=C(C)C(=C)C.CC1=C(C)CC2(C(=O)c3ccc(Br)cc3)CC(C)=C(C)CC2C1.C[CH2][Al]([Cl])[Cl]. The van der Waals surface area contributed by atoms with Crippen molar-refractivity contribution >= 4 is 75.8 Å². The van der Waals surface area contributed by atoms with Gasteiger partial charge >= 0.3 is 12.3 Å². The lowest BCUT2D eigenvalue weighted by molar-refractivity contribution is 0.0605. The second kappa shape index (κ2) is 19.9. The summed E-state index contributed by atoms with van der Waals surface area (Å²) in [6.45, 7) is 22.1. The van der Waals surface area contributed by atoms with Crippen molar-refractivity contribution in [3.05, 3.63) is 115 Å². The molecule has 0 fully saturated rings. The number of benzene rings is 2. The number of ketones is 2. The number of hydrogen-bond donors (Lipinski definition) is 0. The maximum Gasteiger partial charge on any atom is 0.519 e. The molecule has 0 aromatic heterocycles. The van der Waals surface area contributed by atoms with Gasteiger partial charge in [-0.3, -0.25) is 9.59 Å². The van der Waals surface area contributed by atoms with Crippen LogP contribution in [-0.4, -0.2) is 23.9 Å². The summed E-state index contributed by atoms with van der Waals surface area (Å²) in [5.41, 5.74) is 9.11. The number of carbonyl (C=O) groups excluding carboxylic acids is 2. The average Bonchev–Trinajstić information content (AvgIpc) is 3.00. The second-order valence-electron chi connectivity index (χ2n) is 11.9. The van der Waals surface area contributed by atoms with Crippen molar-refractivity contribution in [3.63, 3.8) is 0 Å². The largest absolute Gasteiger partial charge is 0.519 e. The van der Waals surface area contributed by atoms with Gasteiger partial charge in [0.15, 0.2) is 5.78 Å². The molecular weight excluding hydrogens is 746 g/mol. The van der Waals surface area contributed by atoms with E-state index in [0.29, 0.717) is 17.3 Å². The predicted octanol–water partition coefficient (Wildman–Crippen LogP) is 12.9. The van der Waals surface area contributed by atoms with Crippen LogP contribution in [0.25, 0.3) is 0 Å². The van der Waals surface area contributed by atoms with E-state index in [1.165, 1.54) is 22.3 Å². The van der Waals surface area contributed by atoms with Crippen LogP contribution in [0.1, 0.15) is 94.9 Å². The third-order valence-electron chi connectivity index (χ3n) is 8.34. The number of terminal acetylenes is 1. The van der Waals surface area contributed by atoms with Crippen molar-refractivity contribution < 1.29 is 9.59 Å². The normalized spacial score (nSPS) is 18.3. The van der Waals surface area contributed by atoms with Gasteiger partial charge in [0.1, 0.15) is 0 Å².